The van der Waals surface area contributed by atoms with E-state index in [2.05, 4.69) is 25.4 Å². The highest BCUT2D eigenvalue weighted by molar-refractivity contribution is 9.10. The van der Waals surface area contributed by atoms with Gasteiger partial charge in [-0.1, -0.05) is 22.0 Å². The van der Waals surface area contributed by atoms with E-state index >= 15 is 0 Å². The SMILES string of the molecule is COC(=O)[C@H](NS(=O)(=O)C(C)(C)C)c1ccc(Br)cc1F. The van der Waals surface area contributed by atoms with Gasteiger partial charge in [-0.15, -0.1) is 0 Å². The van der Waals surface area contributed by atoms with Crippen molar-refractivity contribution in [2.45, 2.75) is 31.6 Å². The zero-order valence-corrected chi connectivity index (χ0v) is 14.5. The van der Waals surface area contributed by atoms with Crippen molar-refractivity contribution < 1.29 is 22.3 Å². The van der Waals surface area contributed by atoms with Crippen LogP contribution in [0, 0.1) is 5.82 Å². The minimum absolute atomic E-state index is 0.0992. The van der Waals surface area contributed by atoms with Gasteiger partial charge in [0.05, 0.1) is 11.9 Å². The number of carbonyl (C=O) groups is 1. The van der Waals surface area contributed by atoms with E-state index < -0.39 is 32.6 Å². The number of sulfonamides is 1. The molecule has 0 saturated heterocycles. The summed E-state index contributed by atoms with van der Waals surface area (Å²) < 4.78 is 44.5. The molecule has 1 aromatic rings. The maximum absolute atomic E-state index is 14.0. The standard InChI is InChI=1S/C13H17BrFNO4S/c1-13(2,3)21(18,19)16-11(12(17)20-4)9-6-5-8(14)7-10(9)15/h5-7,11,16H,1-4H3/t11-/m1/s1. The van der Waals surface area contributed by atoms with E-state index in [1.165, 1.54) is 32.9 Å². The largest absolute Gasteiger partial charge is 0.468 e. The van der Waals surface area contributed by atoms with E-state index in [9.17, 15) is 17.6 Å². The van der Waals surface area contributed by atoms with Gasteiger partial charge in [0.15, 0.2) is 0 Å². The lowest BCUT2D eigenvalue weighted by Crippen LogP contribution is -2.44. The van der Waals surface area contributed by atoms with Crippen molar-refractivity contribution in [3.8, 4) is 0 Å². The molecule has 0 fully saturated rings. The molecule has 0 heterocycles. The average molecular weight is 382 g/mol. The molecule has 0 spiro atoms. The van der Waals surface area contributed by atoms with Gasteiger partial charge in [-0.3, -0.25) is 0 Å². The number of nitrogens with one attached hydrogen (secondary N) is 1. The number of rotatable bonds is 4. The normalized spacial score (nSPS) is 13.8. The first kappa shape index (κ1) is 18.1. The minimum Gasteiger partial charge on any atom is -0.468 e. The molecule has 5 nitrogen and oxygen atoms in total. The summed E-state index contributed by atoms with van der Waals surface area (Å²) in [4.78, 5) is 11.8. The summed E-state index contributed by atoms with van der Waals surface area (Å²) in [5, 5.41) is 0. The molecule has 0 saturated carbocycles. The van der Waals surface area contributed by atoms with E-state index in [0.29, 0.717) is 4.47 Å². The zero-order chi connectivity index (χ0) is 16.4. The fraction of sp³-hybridized carbons (Fsp3) is 0.462. The van der Waals surface area contributed by atoms with Crippen LogP contribution in [0.25, 0.3) is 0 Å². The number of hydrogen-bond donors (Lipinski definition) is 1. The Labute approximate surface area is 132 Å². The Kier molecular flexibility index (Phi) is 5.51. The van der Waals surface area contributed by atoms with E-state index in [-0.39, 0.29) is 5.56 Å². The third kappa shape index (κ3) is 4.24. The van der Waals surface area contributed by atoms with Gasteiger partial charge in [-0.25, -0.2) is 17.6 Å². The second kappa shape index (κ2) is 6.41. The lowest BCUT2D eigenvalue weighted by molar-refractivity contribution is -0.142. The van der Waals surface area contributed by atoms with E-state index in [4.69, 9.17) is 0 Å². The monoisotopic (exact) mass is 381 g/mol. The summed E-state index contributed by atoms with van der Waals surface area (Å²) in [6, 6.07) is 2.55. The quantitative estimate of drug-likeness (QED) is 0.813. The summed E-state index contributed by atoms with van der Waals surface area (Å²) in [5.74, 6) is -1.60. The van der Waals surface area contributed by atoms with Crippen molar-refractivity contribution in [3.63, 3.8) is 0 Å². The van der Waals surface area contributed by atoms with Crippen molar-refractivity contribution >= 4 is 31.9 Å². The van der Waals surface area contributed by atoms with Gasteiger partial charge in [0.1, 0.15) is 11.9 Å². The molecule has 21 heavy (non-hydrogen) atoms. The number of esters is 1. The maximum atomic E-state index is 14.0. The lowest BCUT2D eigenvalue weighted by atomic mass is 10.1. The summed E-state index contributed by atoms with van der Waals surface area (Å²) in [6.45, 7) is 4.42. The van der Waals surface area contributed by atoms with Crippen molar-refractivity contribution in [3.05, 3.63) is 34.1 Å². The smallest absolute Gasteiger partial charge is 0.328 e. The van der Waals surface area contributed by atoms with Crippen LogP contribution in [0.1, 0.15) is 32.4 Å². The molecule has 0 unspecified atom stereocenters. The summed E-state index contributed by atoms with van der Waals surface area (Å²) >= 11 is 3.10. The van der Waals surface area contributed by atoms with Crippen LogP contribution in [0.3, 0.4) is 0 Å². The van der Waals surface area contributed by atoms with Gasteiger partial charge in [-0.2, -0.15) is 4.72 Å². The predicted molar refractivity (Wildman–Crippen MR) is 80.7 cm³/mol. The number of carbonyl (C=O) groups excluding carboxylic acids is 1. The van der Waals surface area contributed by atoms with Crippen LogP contribution in [0.4, 0.5) is 4.39 Å². The summed E-state index contributed by atoms with van der Waals surface area (Å²) in [6.07, 6.45) is 0. The van der Waals surface area contributed by atoms with Gasteiger partial charge in [0, 0.05) is 10.0 Å². The topological polar surface area (TPSA) is 72.5 Å². The molecular formula is C13H17BrFNO4S. The molecular weight excluding hydrogens is 365 g/mol. The second-order valence-corrected chi connectivity index (χ2v) is 8.74. The van der Waals surface area contributed by atoms with Crippen LogP contribution >= 0.6 is 15.9 Å². The fourth-order valence-electron chi connectivity index (χ4n) is 1.42. The molecule has 0 bridgehead atoms. The Morgan fingerprint density at radius 2 is 1.95 bits per heavy atom. The van der Waals surface area contributed by atoms with Gasteiger partial charge < -0.3 is 4.74 Å². The van der Waals surface area contributed by atoms with Gasteiger partial charge in [0.2, 0.25) is 10.0 Å². The third-order valence-corrected chi connectivity index (χ3v) is 5.44. The lowest BCUT2D eigenvalue weighted by Gasteiger charge is -2.24. The first-order valence-corrected chi connectivity index (χ1v) is 8.32. The van der Waals surface area contributed by atoms with Crippen molar-refractivity contribution in [1.29, 1.82) is 0 Å². The third-order valence-electron chi connectivity index (χ3n) is 2.79. The number of hydrogen-bond acceptors (Lipinski definition) is 4. The molecule has 1 atom stereocenters. The highest BCUT2D eigenvalue weighted by atomic mass is 79.9. The molecule has 1 N–H and O–H groups in total. The highest BCUT2D eigenvalue weighted by Gasteiger charge is 2.36. The average Bonchev–Trinajstić information content (AvgIpc) is 2.34. The van der Waals surface area contributed by atoms with Crippen LogP contribution in [0.5, 0.6) is 0 Å². The Bertz CT molecular complexity index is 640. The molecule has 118 valence electrons. The number of ether oxygens (including phenoxy) is 1. The van der Waals surface area contributed by atoms with Crippen molar-refractivity contribution in [2.24, 2.45) is 0 Å². The predicted octanol–water partition coefficient (Wildman–Crippen LogP) is 2.52. The molecule has 0 aliphatic heterocycles. The first-order valence-electron chi connectivity index (χ1n) is 6.04. The van der Waals surface area contributed by atoms with Crippen LogP contribution < -0.4 is 4.72 Å². The van der Waals surface area contributed by atoms with E-state index in [0.717, 1.165) is 13.2 Å². The van der Waals surface area contributed by atoms with Crippen molar-refractivity contribution in [2.75, 3.05) is 7.11 Å². The Morgan fingerprint density at radius 3 is 2.38 bits per heavy atom. The highest BCUT2D eigenvalue weighted by Crippen LogP contribution is 2.25. The van der Waals surface area contributed by atoms with Crippen LogP contribution in [-0.2, 0) is 19.6 Å². The van der Waals surface area contributed by atoms with E-state index in [1.54, 1.807) is 0 Å². The molecule has 1 aromatic carbocycles. The zero-order valence-electron chi connectivity index (χ0n) is 12.1. The molecule has 0 radical (unpaired) electrons. The van der Waals surface area contributed by atoms with Crippen LogP contribution in [0.15, 0.2) is 22.7 Å². The van der Waals surface area contributed by atoms with Crippen LogP contribution in [-0.4, -0.2) is 26.2 Å². The van der Waals surface area contributed by atoms with E-state index in [1.807, 2.05) is 0 Å². The molecule has 0 aliphatic rings. The van der Waals surface area contributed by atoms with Gasteiger partial charge >= 0.3 is 5.97 Å². The Hall–Kier alpha value is -0.990. The Morgan fingerprint density at radius 1 is 1.38 bits per heavy atom. The second-order valence-electron chi connectivity index (χ2n) is 5.36. The van der Waals surface area contributed by atoms with Gasteiger partial charge in [-0.05, 0) is 32.9 Å². The first-order chi connectivity index (χ1) is 9.49. The minimum atomic E-state index is -3.86. The van der Waals surface area contributed by atoms with Crippen LogP contribution in [0.2, 0.25) is 0 Å². The molecule has 0 aromatic heterocycles. The number of benzene rings is 1. The fourth-order valence-corrected chi connectivity index (χ4v) is 2.64. The number of methoxy groups -OCH3 is 1. The molecule has 0 aliphatic carbocycles. The molecule has 1 rings (SSSR count). The Balaban J connectivity index is 3.29. The molecule has 8 heteroatoms. The van der Waals surface area contributed by atoms with Crippen molar-refractivity contribution in [1.82, 2.24) is 4.72 Å². The summed E-state index contributed by atoms with van der Waals surface area (Å²) in [5.41, 5.74) is -0.0992. The number of halogens is 2. The van der Waals surface area contributed by atoms with Gasteiger partial charge in [0.25, 0.3) is 0 Å². The maximum Gasteiger partial charge on any atom is 0.328 e. The summed E-state index contributed by atoms with van der Waals surface area (Å²) in [7, 11) is -2.75. The molecule has 0 amide bonds.